The highest BCUT2D eigenvalue weighted by Gasteiger charge is 2.16. The van der Waals surface area contributed by atoms with Gasteiger partial charge in [0, 0.05) is 29.9 Å². The lowest BCUT2D eigenvalue weighted by atomic mass is 10.1. The van der Waals surface area contributed by atoms with Crippen molar-refractivity contribution < 1.29 is 14.5 Å². The summed E-state index contributed by atoms with van der Waals surface area (Å²) in [5.74, 6) is -0.0455. The van der Waals surface area contributed by atoms with Crippen molar-refractivity contribution in [3.05, 3.63) is 93.7 Å². The molecule has 0 saturated carbocycles. The number of carbonyl (C=O) groups is 1. The number of pyridine rings is 1. The van der Waals surface area contributed by atoms with E-state index in [4.69, 9.17) is 10.5 Å². The van der Waals surface area contributed by atoms with Gasteiger partial charge in [0.2, 0.25) is 5.88 Å². The molecule has 0 spiro atoms. The first kappa shape index (κ1) is 18.8. The van der Waals surface area contributed by atoms with Crippen molar-refractivity contribution >= 4 is 17.3 Å². The number of rotatable bonds is 7. The van der Waals surface area contributed by atoms with Crippen LogP contribution in [0.25, 0.3) is 0 Å². The largest absolute Gasteiger partial charge is 0.473 e. The van der Waals surface area contributed by atoms with E-state index in [1.165, 1.54) is 12.1 Å². The smallest absolute Gasteiger partial charge is 0.292 e. The molecule has 1 heterocycles. The van der Waals surface area contributed by atoms with Gasteiger partial charge in [-0.3, -0.25) is 14.9 Å². The minimum atomic E-state index is -0.622. The van der Waals surface area contributed by atoms with Crippen molar-refractivity contribution in [2.75, 3.05) is 5.73 Å². The van der Waals surface area contributed by atoms with Crippen LogP contribution in [0.15, 0.2) is 66.9 Å². The molecule has 28 heavy (non-hydrogen) atoms. The topological polar surface area (TPSA) is 120 Å². The first-order chi connectivity index (χ1) is 13.5. The molecule has 0 unspecified atom stereocenters. The fourth-order valence-corrected chi connectivity index (χ4v) is 2.54. The average Bonchev–Trinajstić information content (AvgIpc) is 2.72. The fourth-order valence-electron chi connectivity index (χ4n) is 2.54. The van der Waals surface area contributed by atoms with E-state index in [1.54, 1.807) is 18.3 Å². The van der Waals surface area contributed by atoms with E-state index in [2.05, 4.69) is 10.3 Å². The number of nitrogens with two attached hydrogens (primary N) is 1. The van der Waals surface area contributed by atoms with Gasteiger partial charge in [-0.15, -0.1) is 0 Å². The summed E-state index contributed by atoms with van der Waals surface area (Å²) in [4.78, 5) is 26.9. The molecule has 0 saturated heterocycles. The molecule has 0 atom stereocenters. The number of aromatic nitrogens is 1. The molecule has 3 aromatic rings. The predicted octanol–water partition coefficient (Wildman–Crippen LogP) is 3.08. The predicted molar refractivity (Wildman–Crippen MR) is 104 cm³/mol. The maximum Gasteiger partial charge on any atom is 0.292 e. The number of ether oxygens (including phenoxy) is 1. The summed E-state index contributed by atoms with van der Waals surface area (Å²) >= 11 is 0. The number of anilines is 1. The molecule has 0 aliphatic rings. The van der Waals surface area contributed by atoms with Gasteiger partial charge in [-0.1, -0.05) is 36.4 Å². The van der Waals surface area contributed by atoms with Gasteiger partial charge in [0.15, 0.2) is 0 Å². The zero-order valence-corrected chi connectivity index (χ0v) is 14.9. The van der Waals surface area contributed by atoms with Gasteiger partial charge in [-0.2, -0.15) is 0 Å². The molecule has 1 amide bonds. The van der Waals surface area contributed by atoms with E-state index in [-0.39, 0.29) is 23.5 Å². The van der Waals surface area contributed by atoms with Crippen molar-refractivity contribution in [2.24, 2.45) is 0 Å². The normalized spacial score (nSPS) is 10.3. The molecule has 0 radical (unpaired) electrons. The van der Waals surface area contributed by atoms with Gasteiger partial charge in [0.25, 0.3) is 11.6 Å². The number of nitro benzene ring substituents is 1. The third kappa shape index (κ3) is 4.61. The maximum absolute atomic E-state index is 12.4. The van der Waals surface area contributed by atoms with Crippen LogP contribution < -0.4 is 15.8 Å². The Bertz CT molecular complexity index is 993. The van der Waals surface area contributed by atoms with Crippen LogP contribution in [0.2, 0.25) is 0 Å². The monoisotopic (exact) mass is 378 g/mol. The minimum absolute atomic E-state index is 0.00501. The molecule has 8 nitrogen and oxygen atoms in total. The average molecular weight is 378 g/mol. The van der Waals surface area contributed by atoms with Crippen LogP contribution in [-0.4, -0.2) is 15.8 Å². The number of hydrogen-bond donors (Lipinski definition) is 2. The standard InChI is InChI=1S/C20H18N4O4/c21-17-9-8-15(11-18(17)24(26)27)19(25)23-12-16-7-4-10-22-20(16)28-13-14-5-2-1-3-6-14/h1-11H,12-13,21H2,(H,23,25). The molecule has 0 bridgehead atoms. The van der Waals surface area contributed by atoms with Crippen LogP contribution in [0.1, 0.15) is 21.5 Å². The molecule has 8 heteroatoms. The van der Waals surface area contributed by atoms with E-state index in [9.17, 15) is 14.9 Å². The third-order valence-electron chi connectivity index (χ3n) is 4.00. The van der Waals surface area contributed by atoms with E-state index in [1.807, 2.05) is 30.3 Å². The number of nitro groups is 1. The van der Waals surface area contributed by atoms with Crippen molar-refractivity contribution in [2.45, 2.75) is 13.2 Å². The first-order valence-corrected chi connectivity index (χ1v) is 8.47. The summed E-state index contributed by atoms with van der Waals surface area (Å²) in [6.45, 7) is 0.512. The second-order valence-corrected chi connectivity index (χ2v) is 5.96. The Hall–Kier alpha value is -3.94. The van der Waals surface area contributed by atoms with Gasteiger partial charge < -0.3 is 15.8 Å². The summed E-state index contributed by atoms with van der Waals surface area (Å²) in [5.41, 5.74) is 7.10. The number of amides is 1. The molecular weight excluding hydrogens is 360 g/mol. The Kier molecular flexibility index (Phi) is 5.81. The van der Waals surface area contributed by atoms with Crippen LogP contribution in [0.4, 0.5) is 11.4 Å². The first-order valence-electron chi connectivity index (χ1n) is 8.47. The number of nitrogen functional groups attached to an aromatic ring is 1. The molecule has 0 fully saturated rings. The van der Waals surface area contributed by atoms with E-state index < -0.39 is 10.8 Å². The van der Waals surface area contributed by atoms with Crippen LogP contribution in [0, 0.1) is 10.1 Å². The SMILES string of the molecule is Nc1ccc(C(=O)NCc2cccnc2OCc2ccccc2)cc1[N+](=O)[O-]. The maximum atomic E-state index is 12.4. The van der Waals surface area contributed by atoms with Crippen LogP contribution >= 0.6 is 0 Å². The Morgan fingerprint density at radius 3 is 2.68 bits per heavy atom. The number of nitrogens with zero attached hydrogens (tertiary/aromatic N) is 2. The lowest BCUT2D eigenvalue weighted by molar-refractivity contribution is -0.383. The molecular formula is C20H18N4O4. The number of carbonyl (C=O) groups excluding carboxylic acids is 1. The lowest BCUT2D eigenvalue weighted by Gasteiger charge is -2.11. The Morgan fingerprint density at radius 1 is 1.14 bits per heavy atom. The minimum Gasteiger partial charge on any atom is -0.473 e. The van der Waals surface area contributed by atoms with Gasteiger partial charge in [-0.05, 0) is 23.8 Å². The van der Waals surface area contributed by atoms with Crippen molar-refractivity contribution in [3.63, 3.8) is 0 Å². The number of nitrogens with one attached hydrogen (secondary N) is 1. The van der Waals surface area contributed by atoms with E-state index in [0.29, 0.717) is 18.1 Å². The highest BCUT2D eigenvalue weighted by Crippen LogP contribution is 2.22. The highest BCUT2D eigenvalue weighted by atomic mass is 16.6. The highest BCUT2D eigenvalue weighted by molar-refractivity contribution is 5.95. The zero-order valence-electron chi connectivity index (χ0n) is 14.9. The van der Waals surface area contributed by atoms with Gasteiger partial charge in [0.05, 0.1) is 4.92 Å². The third-order valence-corrected chi connectivity index (χ3v) is 4.00. The molecule has 3 rings (SSSR count). The molecule has 0 aliphatic carbocycles. The van der Waals surface area contributed by atoms with Crippen LogP contribution in [0.5, 0.6) is 5.88 Å². The van der Waals surface area contributed by atoms with Crippen LogP contribution in [0.3, 0.4) is 0 Å². The summed E-state index contributed by atoms with van der Waals surface area (Å²) in [5, 5.41) is 13.7. The van der Waals surface area contributed by atoms with Gasteiger partial charge in [-0.25, -0.2) is 4.98 Å². The summed E-state index contributed by atoms with van der Waals surface area (Å²) in [6, 6.07) is 17.1. The van der Waals surface area contributed by atoms with Crippen LogP contribution in [-0.2, 0) is 13.2 Å². The molecule has 142 valence electrons. The second kappa shape index (κ2) is 8.63. The van der Waals surface area contributed by atoms with Crippen molar-refractivity contribution in [3.8, 4) is 5.88 Å². The number of hydrogen-bond acceptors (Lipinski definition) is 6. The van der Waals surface area contributed by atoms with Gasteiger partial charge >= 0.3 is 0 Å². The quantitative estimate of drug-likeness (QED) is 0.370. The van der Waals surface area contributed by atoms with Gasteiger partial charge in [0.1, 0.15) is 12.3 Å². The molecule has 1 aromatic heterocycles. The molecule has 2 aromatic carbocycles. The number of benzene rings is 2. The molecule has 0 aliphatic heterocycles. The Morgan fingerprint density at radius 2 is 1.93 bits per heavy atom. The summed E-state index contributed by atoms with van der Waals surface area (Å²) in [6.07, 6.45) is 1.61. The molecule has 3 N–H and O–H groups in total. The van der Waals surface area contributed by atoms with Crippen molar-refractivity contribution in [1.29, 1.82) is 0 Å². The zero-order chi connectivity index (χ0) is 19.9. The Balaban J connectivity index is 1.67. The lowest BCUT2D eigenvalue weighted by Crippen LogP contribution is -2.23. The van der Waals surface area contributed by atoms with Crippen molar-refractivity contribution in [1.82, 2.24) is 10.3 Å². The Labute approximate surface area is 161 Å². The second-order valence-electron chi connectivity index (χ2n) is 5.96. The van der Waals surface area contributed by atoms with E-state index in [0.717, 1.165) is 11.6 Å². The summed E-state index contributed by atoms with van der Waals surface area (Å²) in [7, 11) is 0. The fraction of sp³-hybridized carbons (Fsp3) is 0.100. The summed E-state index contributed by atoms with van der Waals surface area (Å²) < 4.78 is 5.76. The van der Waals surface area contributed by atoms with E-state index >= 15 is 0 Å².